The van der Waals surface area contributed by atoms with Crippen LogP contribution in [0.5, 0.6) is 11.5 Å². The Kier molecular flexibility index (Phi) is 6.05. The zero-order valence-corrected chi connectivity index (χ0v) is 19.9. The summed E-state index contributed by atoms with van der Waals surface area (Å²) in [6.07, 6.45) is -1.00. The lowest BCUT2D eigenvalue weighted by atomic mass is 10.1. The Hall–Kier alpha value is -4.04. The summed E-state index contributed by atoms with van der Waals surface area (Å²) < 4.78 is 39.3. The maximum absolute atomic E-state index is 13.5. The lowest BCUT2D eigenvalue weighted by molar-refractivity contribution is -0.127. The van der Waals surface area contributed by atoms with Crippen LogP contribution in [0.3, 0.4) is 0 Å². The number of para-hydroxylation sites is 2. The molecule has 178 valence electrons. The molecule has 1 aliphatic rings. The van der Waals surface area contributed by atoms with Gasteiger partial charge in [-0.2, -0.15) is 0 Å². The lowest BCUT2D eigenvalue weighted by Crippen LogP contribution is -2.50. The van der Waals surface area contributed by atoms with Crippen LogP contribution in [-0.2, 0) is 21.4 Å². The van der Waals surface area contributed by atoms with Crippen molar-refractivity contribution in [1.82, 2.24) is 5.32 Å². The summed E-state index contributed by atoms with van der Waals surface area (Å²) in [5.74, 6) is 0.501. The number of anilines is 1. The van der Waals surface area contributed by atoms with Crippen molar-refractivity contribution in [2.45, 2.75) is 17.5 Å². The molecule has 0 saturated carbocycles. The number of nitrogens with zero attached hydrogens (tertiary/aromatic N) is 1. The van der Waals surface area contributed by atoms with Gasteiger partial charge in [-0.1, -0.05) is 48.5 Å². The van der Waals surface area contributed by atoms with Crippen LogP contribution in [0.4, 0.5) is 5.69 Å². The number of sulfonamides is 1. The van der Waals surface area contributed by atoms with Gasteiger partial charge in [0, 0.05) is 6.54 Å². The number of carbonyl (C=O) groups excluding carboxylic acids is 1. The fraction of sp³-hybridized carbons (Fsp3) is 0.148. The first-order valence-corrected chi connectivity index (χ1v) is 12.6. The van der Waals surface area contributed by atoms with Gasteiger partial charge >= 0.3 is 0 Å². The van der Waals surface area contributed by atoms with Crippen molar-refractivity contribution < 1.29 is 22.7 Å². The smallest absolute Gasteiger partial charge is 0.264 e. The van der Waals surface area contributed by atoms with E-state index in [1.165, 1.54) is 23.5 Å². The number of benzene rings is 4. The maximum Gasteiger partial charge on any atom is 0.264 e. The van der Waals surface area contributed by atoms with Gasteiger partial charge in [0.05, 0.1) is 24.2 Å². The summed E-state index contributed by atoms with van der Waals surface area (Å²) in [5.41, 5.74) is 1.33. The second-order valence-electron chi connectivity index (χ2n) is 8.19. The molecule has 1 atom stereocenters. The van der Waals surface area contributed by atoms with E-state index in [1.54, 1.807) is 36.4 Å². The van der Waals surface area contributed by atoms with Gasteiger partial charge < -0.3 is 14.8 Å². The zero-order valence-electron chi connectivity index (χ0n) is 19.0. The molecule has 4 aromatic carbocycles. The average molecular weight is 489 g/mol. The molecule has 0 aromatic heterocycles. The van der Waals surface area contributed by atoms with Crippen molar-refractivity contribution in [3.05, 3.63) is 96.6 Å². The third-order valence-electron chi connectivity index (χ3n) is 5.96. The molecular weight excluding hydrogens is 464 g/mol. The molecule has 35 heavy (non-hydrogen) atoms. The Bertz CT molecular complexity index is 1490. The highest BCUT2D eigenvalue weighted by Gasteiger charge is 2.37. The number of ether oxygens (including phenoxy) is 2. The fourth-order valence-corrected chi connectivity index (χ4v) is 5.57. The Morgan fingerprint density at radius 2 is 1.69 bits per heavy atom. The number of hydrogen-bond acceptors (Lipinski definition) is 5. The van der Waals surface area contributed by atoms with E-state index in [2.05, 4.69) is 5.32 Å². The minimum Gasteiger partial charge on any atom is -0.497 e. The summed E-state index contributed by atoms with van der Waals surface area (Å²) in [5, 5.41) is 5.09. The van der Waals surface area contributed by atoms with Gasteiger partial charge in [0.25, 0.3) is 15.9 Å². The van der Waals surface area contributed by atoms with Gasteiger partial charge in [0.15, 0.2) is 6.10 Å². The molecular formula is C27H24N2O5S. The summed E-state index contributed by atoms with van der Waals surface area (Å²) >= 11 is 0. The van der Waals surface area contributed by atoms with E-state index in [-0.39, 0.29) is 17.3 Å². The predicted octanol–water partition coefficient (Wildman–Crippen LogP) is 4.12. The fourth-order valence-electron chi connectivity index (χ4n) is 4.09. The lowest BCUT2D eigenvalue weighted by Gasteiger charge is -2.34. The van der Waals surface area contributed by atoms with Gasteiger partial charge in [0.2, 0.25) is 0 Å². The standard InChI is InChI=1S/C27H24N2O5S/c1-33-22-12-14-23(15-13-22)35(31,32)29-18-26(34-25-9-5-4-8-24(25)29)27(30)28-17-19-10-11-20-6-2-3-7-21(20)16-19/h2-16,26H,17-18H2,1H3,(H,28,30). The molecule has 0 radical (unpaired) electrons. The summed E-state index contributed by atoms with van der Waals surface area (Å²) in [7, 11) is -2.42. The van der Waals surface area contributed by atoms with Crippen molar-refractivity contribution in [3.63, 3.8) is 0 Å². The molecule has 0 spiro atoms. The average Bonchev–Trinajstić information content (AvgIpc) is 2.91. The number of nitrogens with one attached hydrogen (secondary N) is 1. The molecule has 0 saturated heterocycles. The molecule has 0 bridgehead atoms. The van der Waals surface area contributed by atoms with Gasteiger partial charge in [-0.05, 0) is 58.8 Å². The molecule has 5 rings (SSSR count). The monoisotopic (exact) mass is 488 g/mol. The number of fused-ring (bicyclic) bond motifs is 2. The summed E-state index contributed by atoms with van der Waals surface area (Å²) in [4.78, 5) is 13.2. The highest BCUT2D eigenvalue weighted by atomic mass is 32.2. The second kappa shape index (κ2) is 9.31. The van der Waals surface area contributed by atoms with E-state index in [9.17, 15) is 13.2 Å². The molecule has 1 unspecified atom stereocenters. The molecule has 1 aliphatic heterocycles. The minimum atomic E-state index is -3.94. The second-order valence-corrected chi connectivity index (χ2v) is 10.0. The number of rotatable bonds is 6. The van der Waals surface area contributed by atoms with Crippen molar-refractivity contribution in [2.24, 2.45) is 0 Å². The van der Waals surface area contributed by atoms with Gasteiger partial charge in [-0.15, -0.1) is 0 Å². The summed E-state index contributed by atoms with van der Waals surface area (Å²) in [6.45, 7) is 0.158. The first-order chi connectivity index (χ1) is 17.0. The van der Waals surface area contributed by atoms with Crippen LogP contribution in [-0.4, -0.2) is 34.1 Å². The number of methoxy groups -OCH3 is 1. The van der Waals surface area contributed by atoms with Gasteiger partial charge in [-0.3, -0.25) is 9.10 Å². The summed E-state index contributed by atoms with van der Waals surface area (Å²) in [6, 6.07) is 26.9. The van der Waals surface area contributed by atoms with Crippen LogP contribution >= 0.6 is 0 Å². The molecule has 1 heterocycles. The quantitative estimate of drug-likeness (QED) is 0.441. The Labute approximate surface area is 204 Å². The number of carbonyl (C=O) groups is 1. The minimum absolute atomic E-state index is 0.102. The van der Waals surface area contributed by atoms with E-state index in [0.717, 1.165) is 16.3 Å². The molecule has 4 aromatic rings. The van der Waals surface area contributed by atoms with Crippen LogP contribution in [0.1, 0.15) is 5.56 Å². The van der Waals surface area contributed by atoms with Crippen LogP contribution in [0.2, 0.25) is 0 Å². The molecule has 8 heteroatoms. The Morgan fingerprint density at radius 3 is 2.46 bits per heavy atom. The number of hydrogen-bond donors (Lipinski definition) is 1. The normalized spacial score (nSPS) is 15.2. The highest BCUT2D eigenvalue weighted by molar-refractivity contribution is 7.92. The van der Waals surface area contributed by atoms with Crippen molar-refractivity contribution in [2.75, 3.05) is 18.0 Å². The van der Waals surface area contributed by atoms with E-state index in [4.69, 9.17) is 9.47 Å². The zero-order chi connectivity index (χ0) is 24.4. The van der Waals surface area contributed by atoms with Crippen molar-refractivity contribution in [3.8, 4) is 11.5 Å². The van der Waals surface area contributed by atoms with E-state index in [1.807, 2.05) is 42.5 Å². The third kappa shape index (κ3) is 4.52. The van der Waals surface area contributed by atoms with E-state index in [0.29, 0.717) is 23.7 Å². The highest BCUT2D eigenvalue weighted by Crippen LogP contribution is 2.37. The molecule has 1 amide bonds. The first kappa shape index (κ1) is 22.7. The van der Waals surface area contributed by atoms with Gasteiger partial charge in [-0.25, -0.2) is 8.42 Å². The van der Waals surface area contributed by atoms with Crippen molar-refractivity contribution >= 4 is 32.4 Å². The van der Waals surface area contributed by atoms with Crippen LogP contribution in [0.25, 0.3) is 10.8 Å². The largest absolute Gasteiger partial charge is 0.497 e. The molecule has 7 nitrogen and oxygen atoms in total. The van der Waals surface area contributed by atoms with Gasteiger partial charge in [0.1, 0.15) is 11.5 Å². The third-order valence-corrected chi connectivity index (χ3v) is 7.75. The SMILES string of the molecule is COc1ccc(S(=O)(=O)N2CC(C(=O)NCc3ccc4ccccc4c3)Oc3ccccc32)cc1. The molecule has 1 N–H and O–H groups in total. The van der Waals surface area contributed by atoms with E-state index >= 15 is 0 Å². The van der Waals surface area contributed by atoms with Crippen LogP contribution < -0.4 is 19.1 Å². The Morgan fingerprint density at radius 1 is 0.971 bits per heavy atom. The number of amides is 1. The van der Waals surface area contributed by atoms with Crippen LogP contribution in [0, 0.1) is 0 Å². The predicted molar refractivity (Wildman–Crippen MR) is 134 cm³/mol. The topological polar surface area (TPSA) is 84.9 Å². The first-order valence-electron chi connectivity index (χ1n) is 11.1. The maximum atomic E-state index is 13.5. The molecule has 0 aliphatic carbocycles. The Balaban J connectivity index is 1.37. The van der Waals surface area contributed by atoms with E-state index < -0.39 is 16.1 Å². The molecule has 0 fully saturated rings. The van der Waals surface area contributed by atoms with Crippen LogP contribution in [0.15, 0.2) is 95.9 Å². The van der Waals surface area contributed by atoms with Crippen molar-refractivity contribution in [1.29, 1.82) is 0 Å².